The van der Waals surface area contributed by atoms with E-state index in [0.717, 1.165) is 11.8 Å². The number of carbonyl (C=O) groups excluding carboxylic acids is 1. The van der Waals surface area contributed by atoms with Crippen LogP contribution in [0, 0.1) is 46.7 Å². The molecule has 1 amide bonds. The van der Waals surface area contributed by atoms with Crippen molar-refractivity contribution >= 4 is 11.6 Å². The summed E-state index contributed by atoms with van der Waals surface area (Å²) in [6, 6.07) is 6.16. The van der Waals surface area contributed by atoms with Crippen LogP contribution in [0.3, 0.4) is 0 Å². The Balaban J connectivity index is 1.53. The first-order valence-corrected chi connectivity index (χ1v) is 7.20. The molecule has 3 aliphatic carbocycles. The van der Waals surface area contributed by atoms with Crippen molar-refractivity contribution in [3.05, 3.63) is 29.6 Å². The van der Waals surface area contributed by atoms with Crippen molar-refractivity contribution in [2.24, 2.45) is 29.6 Å². The number of hydrogen-bond donors (Lipinski definition) is 1. The summed E-state index contributed by atoms with van der Waals surface area (Å²) in [7, 11) is 0. The molecule has 3 nitrogen and oxygen atoms in total. The predicted octanol–water partition coefficient (Wildman–Crippen LogP) is 2.93. The highest BCUT2D eigenvalue weighted by molar-refractivity contribution is 5.96. The van der Waals surface area contributed by atoms with Gasteiger partial charge in [0.15, 0.2) is 0 Å². The third kappa shape index (κ3) is 1.53. The van der Waals surface area contributed by atoms with E-state index < -0.39 is 5.82 Å². The second-order valence-corrected chi connectivity index (χ2v) is 6.28. The maximum atomic E-state index is 13.5. The van der Waals surface area contributed by atoms with E-state index in [1.807, 2.05) is 6.07 Å². The molecule has 4 rings (SSSR count). The molecule has 0 heterocycles. The lowest BCUT2D eigenvalue weighted by molar-refractivity contribution is -0.118. The topological polar surface area (TPSA) is 52.9 Å². The van der Waals surface area contributed by atoms with Crippen LogP contribution in [0.4, 0.5) is 10.1 Å². The molecule has 4 atom stereocenters. The Morgan fingerprint density at radius 1 is 1.30 bits per heavy atom. The predicted molar refractivity (Wildman–Crippen MR) is 71.0 cm³/mol. The van der Waals surface area contributed by atoms with Crippen LogP contribution < -0.4 is 5.32 Å². The zero-order valence-electron chi connectivity index (χ0n) is 11.0. The van der Waals surface area contributed by atoms with E-state index in [-0.39, 0.29) is 17.4 Å². The van der Waals surface area contributed by atoms with Crippen molar-refractivity contribution < 1.29 is 9.18 Å². The number of anilines is 1. The zero-order chi connectivity index (χ0) is 13.9. The molecule has 4 unspecified atom stereocenters. The number of fused-ring (bicyclic) bond motifs is 5. The minimum Gasteiger partial charge on any atom is -0.325 e. The first kappa shape index (κ1) is 11.9. The van der Waals surface area contributed by atoms with E-state index >= 15 is 0 Å². The fourth-order valence-corrected chi connectivity index (χ4v) is 4.63. The third-order valence-corrected chi connectivity index (χ3v) is 5.42. The van der Waals surface area contributed by atoms with Crippen LogP contribution >= 0.6 is 0 Å². The monoisotopic (exact) mass is 270 g/mol. The van der Waals surface area contributed by atoms with Crippen molar-refractivity contribution in [3.8, 4) is 6.07 Å². The van der Waals surface area contributed by atoms with Crippen LogP contribution in [0.1, 0.15) is 24.8 Å². The maximum Gasteiger partial charge on any atom is 0.228 e. The van der Waals surface area contributed by atoms with Gasteiger partial charge in [-0.25, -0.2) is 4.39 Å². The number of halogens is 1. The Labute approximate surface area is 116 Å². The van der Waals surface area contributed by atoms with Crippen LogP contribution in [0.2, 0.25) is 0 Å². The van der Waals surface area contributed by atoms with Crippen molar-refractivity contribution in [3.63, 3.8) is 0 Å². The molecule has 0 aromatic heterocycles. The first-order valence-electron chi connectivity index (χ1n) is 7.20. The average molecular weight is 270 g/mol. The molecular weight excluding hydrogens is 255 g/mol. The second kappa shape index (κ2) is 4.05. The number of nitriles is 1. The van der Waals surface area contributed by atoms with Gasteiger partial charge in [0.25, 0.3) is 0 Å². The zero-order valence-corrected chi connectivity index (χ0v) is 11.0. The third-order valence-electron chi connectivity index (χ3n) is 5.42. The van der Waals surface area contributed by atoms with Crippen LogP contribution in [-0.4, -0.2) is 5.91 Å². The van der Waals surface area contributed by atoms with Gasteiger partial charge in [-0.15, -0.1) is 0 Å². The summed E-state index contributed by atoms with van der Waals surface area (Å²) in [4.78, 5) is 12.3. The summed E-state index contributed by atoms with van der Waals surface area (Å²) in [6.45, 7) is 0. The molecule has 1 aromatic carbocycles. The summed E-state index contributed by atoms with van der Waals surface area (Å²) in [5, 5.41) is 11.7. The molecule has 1 N–H and O–H groups in total. The van der Waals surface area contributed by atoms with Crippen LogP contribution in [0.15, 0.2) is 18.2 Å². The number of nitrogens with zero attached hydrogens (tertiary/aromatic N) is 1. The largest absolute Gasteiger partial charge is 0.325 e. The van der Waals surface area contributed by atoms with E-state index in [4.69, 9.17) is 5.26 Å². The Hall–Kier alpha value is -1.89. The normalized spacial score (nSPS) is 36.3. The van der Waals surface area contributed by atoms with Crippen molar-refractivity contribution in [1.82, 2.24) is 0 Å². The summed E-state index contributed by atoms with van der Waals surface area (Å²) >= 11 is 0. The molecule has 3 saturated carbocycles. The fourth-order valence-electron chi connectivity index (χ4n) is 4.63. The molecule has 3 fully saturated rings. The summed E-state index contributed by atoms with van der Waals surface area (Å²) in [5.41, 5.74) is 0.226. The number of amides is 1. The molecule has 102 valence electrons. The summed E-state index contributed by atoms with van der Waals surface area (Å²) in [5.74, 6) is 2.03. The lowest BCUT2D eigenvalue weighted by atomic mass is 10.0. The van der Waals surface area contributed by atoms with Gasteiger partial charge in [-0.05, 0) is 55.1 Å². The number of rotatable bonds is 2. The first-order chi connectivity index (χ1) is 9.70. The van der Waals surface area contributed by atoms with Crippen LogP contribution in [0.5, 0.6) is 0 Å². The molecule has 0 spiro atoms. The summed E-state index contributed by atoms with van der Waals surface area (Å²) < 4.78 is 13.5. The van der Waals surface area contributed by atoms with E-state index in [0.29, 0.717) is 17.5 Å². The molecule has 4 heteroatoms. The van der Waals surface area contributed by atoms with E-state index in [2.05, 4.69) is 5.32 Å². The fraction of sp³-hybridized carbons (Fsp3) is 0.500. The smallest absolute Gasteiger partial charge is 0.228 e. The highest BCUT2D eigenvalue weighted by Crippen LogP contribution is 2.69. The van der Waals surface area contributed by atoms with E-state index in [9.17, 15) is 9.18 Å². The van der Waals surface area contributed by atoms with Gasteiger partial charge in [-0.3, -0.25) is 4.79 Å². The Bertz CT molecular complexity index is 620. The molecule has 3 aliphatic rings. The quantitative estimate of drug-likeness (QED) is 0.898. The van der Waals surface area contributed by atoms with Gasteiger partial charge < -0.3 is 5.32 Å². The van der Waals surface area contributed by atoms with Gasteiger partial charge in [0.1, 0.15) is 17.4 Å². The highest BCUT2D eigenvalue weighted by Gasteiger charge is 2.67. The van der Waals surface area contributed by atoms with Gasteiger partial charge in [-0.2, -0.15) is 5.26 Å². The number of carbonyl (C=O) groups is 1. The standard InChI is InChI=1S/C16H15FN2O/c17-11-2-1-3-12(10(11)7-18)19-16(20)15-13-8-4-5-9(6-8)14(13)15/h1-3,8-9,13-15H,4-6H2,(H,19,20). The second-order valence-electron chi connectivity index (χ2n) is 6.28. The van der Waals surface area contributed by atoms with Gasteiger partial charge in [-0.1, -0.05) is 6.07 Å². The lowest BCUT2D eigenvalue weighted by Crippen LogP contribution is -2.19. The maximum absolute atomic E-state index is 13.5. The Morgan fingerprint density at radius 2 is 2.00 bits per heavy atom. The average Bonchev–Trinajstić information content (AvgIpc) is 2.88. The molecule has 0 aliphatic heterocycles. The van der Waals surface area contributed by atoms with Crippen molar-refractivity contribution in [2.75, 3.05) is 5.32 Å². The van der Waals surface area contributed by atoms with Crippen LogP contribution in [0.25, 0.3) is 0 Å². The van der Waals surface area contributed by atoms with Gasteiger partial charge in [0, 0.05) is 5.92 Å². The Morgan fingerprint density at radius 3 is 2.65 bits per heavy atom. The number of nitrogens with one attached hydrogen (secondary N) is 1. The highest BCUT2D eigenvalue weighted by atomic mass is 19.1. The summed E-state index contributed by atoms with van der Waals surface area (Å²) in [6.07, 6.45) is 3.82. The van der Waals surface area contributed by atoms with E-state index in [1.165, 1.54) is 31.4 Å². The SMILES string of the molecule is N#Cc1c(F)cccc1NC(=O)C1C2C3CCC(C3)C12. The molecule has 0 radical (unpaired) electrons. The molecular formula is C16H15FN2O. The van der Waals surface area contributed by atoms with E-state index in [1.54, 1.807) is 6.07 Å². The Kier molecular flexibility index (Phi) is 2.41. The van der Waals surface area contributed by atoms with Crippen molar-refractivity contribution in [2.45, 2.75) is 19.3 Å². The van der Waals surface area contributed by atoms with Crippen molar-refractivity contribution in [1.29, 1.82) is 5.26 Å². The van der Waals surface area contributed by atoms with Gasteiger partial charge in [0.2, 0.25) is 5.91 Å². The molecule has 20 heavy (non-hydrogen) atoms. The minimum atomic E-state index is -0.582. The number of benzene rings is 1. The minimum absolute atomic E-state index is 0.0290. The van der Waals surface area contributed by atoms with Crippen LogP contribution in [-0.2, 0) is 4.79 Å². The number of hydrogen-bond acceptors (Lipinski definition) is 2. The van der Waals surface area contributed by atoms with Gasteiger partial charge >= 0.3 is 0 Å². The van der Waals surface area contributed by atoms with Gasteiger partial charge in [0.05, 0.1) is 5.69 Å². The molecule has 1 aromatic rings. The molecule has 0 saturated heterocycles. The molecule has 2 bridgehead atoms. The lowest BCUT2D eigenvalue weighted by Gasteiger charge is -2.10.